The second-order valence-electron chi connectivity index (χ2n) is 11.0. The highest BCUT2D eigenvalue weighted by Crippen LogP contribution is 2.46. The monoisotopic (exact) mass is 534 g/mol. The van der Waals surface area contributed by atoms with E-state index in [9.17, 15) is 0 Å². The summed E-state index contributed by atoms with van der Waals surface area (Å²) in [6, 6.07) is 47.4. The van der Waals surface area contributed by atoms with Gasteiger partial charge in [-0.25, -0.2) is 9.97 Å². The molecule has 0 saturated carbocycles. The van der Waals surface area contributed by atoms with E-state index in [4.69, 9.17) is 9.97 Å². The first kappa shape index (κ1) is 22.0. The molecule has 4 aromatic heterocycles. The molecular formula is C38H22N4. The lowest BCUT2D eigenvalue weighted by atomic mass is 10.0. The molecule has 10 rings (SSSR count). The topological polar surface area (TPSA) is 35.1 Å². The fourth-order valence-electron chi connectivity index (χ4n) is 7.12. The first-order valence-electron chi connectivity index (χ1n) is 14.3. The maximum absolute atomic E-state index is 5.37. The van der Waals surface area contributed by atoms with E-state index < -0.39 is 0 Å². The third-order valence-corrected chi connectivity index (χ3v) is 8.82. The maximum Gasteiger partial charge on any atom is 0.165 e. The Balaban J connectivity index is 1.54. The van der Waals surface area contributed by atoms with E-state index in [1.807, 2.05) is 24.3 Å². The molecule has 4 heteroatoms. The van der Waals surface area contributed by atoms with Gasteiger partial charge in [-0.2, -0.15) is 0 Å². The zero-order chi connectivity index (χ0) is 27.4. The van der Waals surface area contributed by atoms with Crippen LogP contribution in [-0.4, -0.2) is 18.9 Å². The number of hydrogen-bond donors (Lipinski definition) is 0. The lowest BCUT2D eigenvalue weighted by Crippen LogP contribution is -2.03. The lowest BCUT2D eigenvalue weighted by molar-refractivity contribution is 1.08. The highest BCUT2D eigenvalue weighted by molar-refractivity contribution is 6.33. The van der Waals surface area contributed by atoms with Gasteiger partial charge in [-0.05, 0) is 41.1 Å². The summed E-state index contributed by atoms with van der Waals surface area (Å²) in [7, 11) is 0. The van der Waals surface area contributed by atoms with E-state index in [0.29, 0.717) is 0 Å². The van der Waals surface area contributed by atoms with E-state index in [1.165, 1.54) is 48.9 Å². The molecule has 0 aliphatic carbocycles. The van der Waals surface area contributed by atoms with E-state index >= 15 is 0 Å². The second kappa shape index (κ2) is 7.93. The summed E-state index contributed by atoms with van der Waals surface area (Å²) in [5.41, 5.74) is 9.56. The first-order chi connectivity index (χ1) is 20.9. The Kier molecular flexibility index (Phi) is 4.15. The van der Waals surface area contributed by atoms with Crippen LogP contribution in [0.1, 0.15) is 0 Å². The second-order valence-corrected chi connectivity index (χ2v) is 11.0. The van der Waals surface area contributed by atoms with E-state index in [-0.39, 0.29) is 0 Å². The molecule has 0 aliphatic heterocycles. The van der Waals surface area contributed by atoms with E-state index in [2.05, 4.69) is 118 Å². The predicted octanol–water partition coefficient (Wildman–Crippen LogP) is 9.54. The molecule has 194 valence electrons. The number of nitrogens with zero attached hydrogens (tertiary/aromatic N) is 4. The van der Waals surface area contributed by atoms with Crippen LogP contribution in [0.5, 0.6) is 0 Å². The largest absolute Gasteiger partial charge is 0.306 e. The summed E-state index contributed by atoms with van der Waals surface area (Å²) in [6.07, 6.45) is 0. The molecule has 0 unspecified atom stereocenters. The number of para-hydroxylation sites is 4. The van der Waals surface area contributed by atoms with Gasteiger partial charge in [-0.3, -0.25) is 4.57 Å². The van der Waals surface area contributed by atoms with Gasteiger partial charge in [0, 0.05) is 27.1 Å². The fraction of sp³-hybridized carbons (Fsp3) is 0. The van der Waals surface area contributed by atoms with Crippen molar-refractivity contribution in [3.05, 3.63) is 133 Å². The quantitative estimate of drug-likeness (QED) is 0.221. The van der Waals surface area contributed by atoms with Gasteiger partial charge in [0.2, 0.25) is 0 Å². The van der Waals surface area contributed by atoms with Gasteiger partial charge >= 0.3 is 0 Å². The normalized spacial score (nSPS) is 12.3. The molecule has 0 atom stereocenters. The summed E-state index contributed by atoms with van der Waals surface area (Å²) >= 11 is 0. The van der Waals surface area contributed by atoms with Crippen molar-refractivity contribution in [2.75, 3.05) is 0 Å². The number of benzene rings is 6. The molecule has 0 amide bonds. The van der Waals surface area contributed by atoms with Crippen molar-refractivity contribution in [1.29, 1.82) is 0 Å². The number of rotatable bonds is 2. The van der Waals surface area contributed by atoms with Crippen molar-refractivity contribution in [3.63, 3.8) is 0 Å². The molecule has 0 fully saturated rings. The molecule has 0 bridgehead atoms. The minimum atomic E-state index is 0.841. The Morgan fingerprint density at radius 1 is 0.429 bits per heavy atom. The Labute approximate surface area is 240 Å². The van der Waals surface area contributed by atoms with Crippen LogP contribution in [-0.2, 0) is 0 Å². The molecule has 0 saturated heterocycles. The van der Waals surface area contributed by atoms with Crippen LogP contribution < -0.4 is 0 Å². The van der Waals surface area contributed by atoms with Crippen LogP contribution in [0.2, 0.25) is 0 Å². The SMILES string of the molecule is c1ccc(-c2nc3ccccc3nc2-n2c3ccc4cccc5c6ccccc6n6c7ccccc7c2c6c3c45)cc1. The first-order valence-corrected chi connectivity index (χ1v) is 14.3. The predicted molar refractivity (Wildman–Crippen MR) is 174 cm³/mol. The molecule has 0 spiro atoms. The van der Waals surface area contributed by atoms with Crippen molar-refractivity contribution >= 4 is 70.9 Å². The van der Waals surface area contributed by atoms with Gasteiger partial charge in [0.1, 0.15) is 5.69 Å². The van der Waals surface area contributed by atoms with Gasteiger partial charge in [0.05, 0.1) is 38.6 Å². The molecule has 0 aliphatic rings. The molecule has 4 heterocycles. The standard InChI is InChI=1S/C38H22N4/c1-2-11-24(12-3-1)35-38(40-29-18-7-6-17-28(29)39-35)42-32-22-21-23-13-10-16-26-25-14-4-8-19-30(25)41-31-20-9-5-15-27(31)36(42)37(41)34(32)33(23)26/h1-22H. The Morgan fingerprint density at radius 3 is 1.93 bits per heavy atom. The van der Waals surface area contributed by atoms with Gasteiger partial charge in [0.25, 0.3) is 0 Å². The maximum atomic E-state index is 5.37. The molecule has 0 radical (unpaired) electrons. The highest BCUT2D eigenvalue weighted by atomic mass is 15.1. The summed E-state index contributed by atoms with van der Waals surface area (Å²) in [5.74, 6) is 0.841. The number of fused-ring (bicyclic) bond motifs is 7. The Bertz CT molecular complexity index is 2680. The minimum Gasteiger partial charge on any atom is -0.306 e. The van der Waals surface area contributed by atoms with Crippen molar-refractivity contribution in [2.45, 2.75) is 0 Å². The van der Waals surface area contributed by atoms with Crippen molar-refractivity contribution in [1.82, 2.24) is 18.9 Å². The van der Waals surface area contributed by atoms with Gasteiger partial charge < -0.3 is 4.40 Å². The van der Waals surface area contributed by atoms with E-state index in [1.54, 1.807) is 0 Å². The molecule has 42 heavy (non-hydrogen) atoms. The molecule has 4 nitrogen and oxygen atoms in total. The van der Waals surface area contributed by atoms with Crippen LogP contribution in [0.4, 0.5) is 0 Å². The summed E-state index contributed by atoms with van der Waals surface area (Å²) in [6.45, 7) is 0. The number of hydrogen-bond acceptors (Lipinski definition) is 2. The third-order valence-electron chi connectivity index (χ3n) is 8.82. The van der Waals surface area contributed by atoms with Crippen molar-refractivity contribution in [2.24, 2.45) is 0 Å². The highest BCUT2D eigenvalue weighted by Gasteiger charge is 2.26. The van der Waals surface area contributed by atoms with E-state index in [0.717, 1.165) is 39.1 Å². The van der Waals surface area contributed by atoms with Crippen LogP contribution in [0.25, 0.3) is 88.0 Å². The summed E-state index contributed by atoms with van der Waals surface area (Å²) in [4.78, 5) is 10.6. The van der Waals surface area contributed by atoms with Gasteiger partial charge in [0.15, 0.2) is 5.82 Å². The Hall–Kier alpha value is -5.74. The smallest absolute Gasteiger partial charge is 0.165 e. The van der Waals surface area contributed by atoms with Crippen LogP contribution in [0.15, 0.2) is 133 Å². The Morgan fingerprint density at radius 2 is 1.10 bits per heavy atom. The molecular weight excluding hydrogens is 512 g/mol. The van der Waals surface area contributed by atoms with Crippen molar-refractivity contribution in [3.8, 4) is 17.1 Å². The summed E-state index contributed by atoms with van der Waals surface area (Å²) < 4.78 is 4.84. The average molecular weight is 535 g/mol. The molecule has 0 N–H and O–H groups in total. The fourth-order valence-corrected chi connectivity index (χ4v) is 7.12. The van der Waals surface area contributed by atoms with Crippen LogP contribution in [0.3, 0.4) is 0 Å². The van der Waals surface area contributed by atoms with Crippen LogP contribution >= 0.6 is 0 Å². The zero-order valence-corrected chi connectivity index (χ0v) is 22.5. The lowest BCUT2D eigenvalue weighted by Gasteiger charge is -2.14. The molecule has 10 aromatic rings. The zero-order valence-electron chi connectivity index (χ0n) is 22.5. The van der Waals surface area contributed by atoms with Crippen molar-refractivity contribution < 1.29 is 0 Å². The van der Waals surface area contributed by atoms with Gasteiger partial charge in [-0.1, -0.05) is 103 Å². The molecule has 6 aromatic carbocycles. The van der Waals surface area contributed by atoms with Crippen LogP contribution in [0, 0.1) is 0 Å². The number of aromatic nitrogens is 4. The van der Waals surface area contributed by atoms with Gasteiger partial charge in [-0.15, -0.1) is 0 Å². The third kappa shape index (κ3) is 2.71. The minimum absolute atomic E-state index is 0.841. The average Bonchev–Trinajstić information content (AvgIpc) is 3.52. The summed E-state index contributed by atoms with van der Waals surface area (Å²) in [5, 5.41) is 7.47.